The molecule has 0 saturated heterocycles. The molecule has 2 N–H and O–H groups in total. The highest BCUT2D eigenvalue weighted by molar-refractivity contribution is 5.76. The molecule has 0 heterocycles. The van der Waals surface area contributed by atoms with Gasteiger partial charge in [-0.3, -0.25) is 9.59 Å². The first-order chi connectivity index (χ1) is 9.99. The number of carboxylic acid groups (broad SMARTS) is 1. The molecule has 5 nitrogen and oxygen atoms in total. The van der Waals surface area contributed by atoms with Crippen LogP contribution in [0.15, 0.2) is 24.3 Å². The van der Waals surface area contributed by atoms with Crippen LogP contribution in [0.3, 0.4) is 0 Å². The SMILES string of the molecule is Cc1ccc(OCCCC(=O)NCCC(C)C(=O)O)cc1. The zero-order chi connectivity index (χ0) is 15.7. The van der Waals surface area contributed by atoms with Gasteiger partial charge in [0.25, 0.3) is 0 Å². The third-order valence-corrected chi connectivity index (χ3v) is 3.16. The molecule has 1 rings (SSSR count). The van der Waals surface area contributed by atoms with Crippen LogP contribution >= 0.6 is 0 Å². The summed E-state index contributed by atoms with van der Waals surface area (Å²) in [6.07, 6.45) is 1.46. The van der Waals surface area contributed by atoms with E-state index in [-0.39, 0.29) is 5.91 Å². The van der Waals surface area contributed by atoms with Crippen molar-refractivity contribution in [3.05, 3.63) is 29.8 Å². The van der Waals surface area contributed by atoms with E-state index in [2.05, 4.69) is 5.32 Å². The first-order valence-corrected chi connectivity index (χ1v) is 7.18. The molecule has 1 unspecified atom stereocenters. The normalized spacial score (nSPS) is 11.7. The smallest absolute Gasteiger partial charge is 0.306 e. The second kappa shape index (κ2) is 9.00. The van der Waals surface area contributed by atoms with Crippen LogP contribution < -0.4 is 10.1 Å². The van der Waals surface area contributed by atoms with Crippen molar-refractivity contribution in [3.63, 3.8) is 0 Å². The van der Waals surface area contributed by atoms with Crippen molar-refractivity contribution in [2.75, 3.05) is 13.2 Å². The molecule has 116 valence electrons. The summed E-state index contributed by atoms with van der Waals surface area (Å²) in [5.74, 6) is -0.540. The quantitative estimate of drug-likeness (QED) is 0.685. The van der Waals surface area contributed by atoms with Gasteiger partial charge in [-0.05, 0) is 31.9 Å². The number of aliphatic carboxylic acids is 1. The van der Waals surface area contributed by atoms with E-state index < -0.39 is 11.9 Å². The summed E-state index contributed by atoms with van der Waals surface area (Å²) < 4.78 is 5.53. The molecule has 5 heteroatoms. The second-order valence-corrected chi connectivity index (χ2v) is 5.14. The van der Waals surface area contributed by atoms with E-state index >= 15 is 0 Å². The predicted molar refractivity (Wildman–Crippen MR) is 80.3 cm³/mol. The highest BCUT2D eigenvalue weighted by Gasteiger charge is 2.10. The van der Waals surface area contributed by atoms with Crippen LogP contribution in [0.1, 0.15) is 31.7 Å². The van der Waals surface area contributed by atoms with Crippen molar-refractivity contribution in [1.29, 1.82) is 0 Å². The van der Waals surface area contributed by atoms with Gasteiger partial charge in [0.05, 0.1) is 12.5 Å². The summed E-state index contributed by atoms with van der Waals surface area (Å²) in [4.78, 5) is 22.1. The van der Waals surface area contributed by atoms with Gasteiger partial charge >= 0.3 is 5.97 Å². The summed E-state index contributed by atoms with van der Waals surface area (Å²) >= 11 is 0. The number of hydrogen-bond donors (Lipinski definition) is 2. The van der Waals surface area contributed by atoms with Gasteiger partial charge in [0.1, 0.15) is 5.75 Å². The standard InChI is InChI=1S/C16H23NO4/c1-12-5-7-14(8-6-12)21-11-3-4-15(18)17-10-9-13(2)16(19)20/h5-8,13H,3-4,9-11H2,1-2H3,(H,17,18)(H,19,20). The van der Waals surface area contributed by atoms with E-state index in [0.29, 0.717) is 32.4 Å². The fourth-order valence-corrected chi connectivity index (χ4v) is 1.70. The van der Waals surface area contributed by atoms with E-state index in [1.807, 2.05) is 31.2 Å². The van der Waals surface area contributed by atoms with Crippen molar-refractivity contribution < 1.29 is 19.4 Å². The highest BCUT2D eigenvalue weighted by Crippen LogP contribution is 2.11. The molecule has 1 aromatic carbocycles. The van der Waals surface area contributed by atoms with Crippen molar-refractivity contribution in [2.24, 2.45) is 5.92 Å². The molecule has 0 bridgehead atoms. The Kier molecular flexibility index (Phi) is 7.29. The van der Waals surface area contributed by atoms with Crippen LogP contribution in [0.5, 0.6) is 5.75 Å². The lowest BCUT2D eigenvalue weighted by atomic mass is 10.1. The summed E-state index contributed by atoms with van der Waals surface area (Å²) in [7, 11) is 0. The van der Waals surface area contributed by atoms with Gasteiger partial charge in [0, 0.05) is 13.0 Å². The third kappa shape index (κ3) is 7.34. The average molecular weight is 293 g/mol. The number of benzene rings is 1. The molecule has 1 amide bonds. The number of nitrogens with one attached hydrogen (secondary N) is 1. The van der Waals surface area contributed by atoms with Crippen molar-refractivity contribution in [3.8, 4) is 5.75 Å². The maximum absolute atomic E-state index is 11.5. The summed E-state index contributed by atoms with van der Waals surface area (Å²) in [6, 6.07) is 7.77. The van der Waals surface area contributed by atoms with Gasteiger partial charge in [0.2, 0.25) is 5.91 Å². The zero-order valence-electron chi connectivity index (χ0n) is 12.6. The lowest BCUT2D eigenvalue weighted by Gasteiger charge is -2.08. The Hall–Kier alpha value is -2.04. The Bertz CT molecular complexity index is 456. The fourth-order valence-electron chi connectivity index (χ4n) is 1.70. The summed E-state index contributed by atoms with van der Waals surface area (Å²) in [5.41, 5.74) is 1.18. The number of carbonyl (C=O) groups is 2. The summed E-state index contributed by atoms with van der Waals surface area (Å²) in [5, 5.41) is 11.4. The first kappa shape index (κ1) is 17.0. The molecule has 1 aromatic rings. The fraction of sp³-hybridized carbons (Fsp3) is 0.500. The van der Waals surface area contributed by atoms with Crippen LogP contribution in [0.25, 0.3) is 0 Å². The second-order valence-electron chi connectivity index (χ2n) is 5.14. The molecule has 0 radical (unpaired) electrons. The molecule has 0 aromatic heterocycles. The average Bonchev–Trinajstić information content (AvgIpc) is 2.45. The van der Waals surface area contributed by atoms with Crippen LogP contribution in [0, 0.1) is 12.8 Å². The maximum Gasteiger partial charge on any atom is 0.306 e. The number of amides is 1. The van der Waals surface area contributed by atoms with Crippen molar-refractivity contribution in [1.82, 2.24) is 5.32 Å². The van der Waals surface area contributed by atoms with Gasteiger partial charge in [-0.25, -0.2) is 0 Å². The topological polar surface area (TPSA) is 75.6 Å². The van der Waals surface area contributed by atoms with Crippen LogP contribution in [0.2, 0.25) is 0 Å². The maximum atomic E-state index is 11.5. The lowest BCUT2D eigenvalue weighted by molar-refractivity contribution is -0.141. The molecule has 0 spiro atoms. The van der Waals surface area contributed by atoms with Gasteiger partial charge < -0.3 is 15.2 Å². The number of ether oxygens (including phenoxy) is 1. The van der Waals surface area contributed by atoms with E-state index in [4.69, 9.17) is 9.84 Å². The van der Waals surface area contributed by atoms with E-state index in [0.717, 1.165) is 5.75 Å². The van der Waals surface area contributed by atoms with Gasteiger partial charge in [-0.1, -0.05) is 24.6 Å². The largest absolute Gasteiger partial charge is 0.494 e. The molecule has 21 heavy (non-hydrogen) atoms. The molecule has 1 atom stereocenters. The van der Waals surface area contributed by atoms with Gasteiger partial charge in [0.15, 0.2) is 0 Å². The third-order valence-electron chi connectivity index (χ3n) is 3.16. The van der Waals surface area contributed by atoms with Gasteiger partial charge in [-0.2, -0.15) is 0 Å². The Balaban J connectivity index is 2.08. The number of hydrogen-bond acceptors (Lipinski definition) is 3. The van der Waals surface area contributed by atoms with Crippen molar-refractivity contribution >= 4 is 11.9 Å². The molecule has 0 saturated carbocycles. The molecular weight excluding hydrogens is 270 g/mol. The monoisotopic (exact) mass is 293 g/mol. The van der Waals surface area contributed by atoms with Crippen LogP contribution in [-0.2, 0) is 9.59 Å². The molecule has 0 aliphatic heterocycles. The molecule has 0 fully saturated rings. The molecular formula is C16H23NO4. The lowest BCUT2D eigenvalue weighted by Crippen LogP contribution is -2.27. The number of rotatable bonds is 9. The minimum Gasteiger partial charge on any atom is -0.494 e. The minimum absolute atomic E-state index is 0.0694. The van der Waals surface area contributed by atoms with Crippen molar-refractivity contribution in [2.45, 2.75) is 33.1 Å². The van der Waals surface area contributed by atoms with Gasteiger partial charge in [-0.15, -0.1) is 0 Å². The Morgan fingerprint density at radius 1 is 1.29 bits per heavy atom. The molecule has 0 aliphatic carbocycles. The Morgan fingerprint density at radius 3 is 2.57 bits per heavy atom. The van der Waals surface area contributed by atoms with Crippen LogP contribution in [0.4, 0.5) is 0 Å². The Morgan fingerprint density at radius 2 is 1.95 bits per heavy atom. The highest BCUT2D eigenvalue weighted by atomic mass is 16.5. The Labute approximate surface area is 125 Å². The zero-order valence-corrected chi connectivity index (χ0v) is 12.6. The van der Waals surface area contributed by atoms with Crippen LogP contribution in [-0.4, -0.2) is 30.1 Å². The summed E-state index contributed by atoms with van der Waals surface area (Å²) in [6.45, 7) is 4.52. The number of carboxylic acids is 1. The minimum atomic E-state index is -0.837. The van der Waals surface area contributed by atoms with E-state index in [1.165, 1.54) is 5.56 Å². The number of aryl methyl sites for hydroxylation is 1. The predicted octanol–water partition coefficient (Wildman–Crippen LogP) is 2.38. The van der Waals surface area contributed by atoms with E-state index in [1.54, 1.807) is 6.92 Å². The first-order valence-electron chi connectivity index (χ1n) is 7.18. The molecule has 0 aliphatic rings. The van der Waals surface area contributed by atoms with E-state index in [9.17, 15) is 9.59 Å². The number of carbonyl (C=O) groups excluding carboxylic acids is 1.